The highest BCUT2D eigenvalue weighted by Gasteiger charge is 2.19. The largest absolute Gasteiger partial charge is 0.456 e. The summed E-state index contributed by atoms with van der Waals surface area (Å²) in [7, 11) is 0. The number of hydrogen-bond acceptors (Lipinski definition) is 4. The van der Waals surface area contributed by atoms with Gasteiger partial charge in [0.2, 0.25) is 0 Å². The summed E-state index contributed by atoms with van der Waals surface area (Å²) >= 11 is 0. The second kappa shape index (κ2) is 4.98. The standard InChI is InChI=1S/C14H19NO3/c1-14(2,3)18-13(16)10-4-5-11-9-17-7-6-15-12(11)8-10/h4-5,8,15H,6-7,9H2,1-3H3. The van der Waals surface area contributed by atoms with Crippen molar-refractivity contribution >= 4 is 11.7 Å². The highest BCUT2D eigenvalue weighted by atomic mass is 16.6. The number of rotatable bonds is 1. The van der Waals surface area contributed by atoms with Crippen molar-refractivity contribution in [1.82, 2.24) is 0 Å². The zero-order valence-corrected chi connectivity index (χ0v) is 11.1. The molecule has 18 heavy (non-hydrogen) atoms. The molecule has 0 radical (unpaired) electrons. The van der Waals surface area contributed by atoms with Gasteiger partial charge in [0.25, 0.3) is 0 Å². The number of carbonyl (C=O) groups excluding carboxylic acids is 1. The number of esters is 1. The molecule has 0 unspecified atom stereocenters. The molecule has 0 amide bonds. The molecule has 0 aliphatic carbocycles. The maximum absolute atomic E-state index is 12.0. The van der Waals surface area contributed by atoms with Crippen LogP contribution in [-0.4, -0.2) is 24.7 Å². The number of carbonyl (C=O) groups is 1. The van der Waals surface area contributed by atoms with Crippen molar-refractivity contribution in [2.45, 2.75) is 33.0 Å². The second-order valence-corrected chi connectivity index (χ2v) is 5.35. The van der Waals surface area contributed by atoms with Crippen molar-refractivity contribution in [3.05, 3.63) is 29.3 Å². The number of ether oxygens (including phenoxy) is 2. The van der Waals surface area contributed by atoms with Crippen molar-refractivity contribution in [2.24, 2.45) is 0 Å². The molecule has 0 saturated carbocycles. The van der Waals surface area contributed by atoms with Crippen LogP contribution in [0, 0.1) is 0 Å². The Morgan fingerprint density at radius 1 is 1.39 bits per heavy atom. The van der Waals surface area contributed by atoms with Crippen LogP contribution >= 0.6 is 0 Å². The van der Waals surface area contributed by atoms with Gasteiger partial charge in [0, 0.05) is 17.8 Å². The van der Waals surface area contributed by atoms with Crippen molar-refractivity contribution < 1.29 is 14.3 Å². The summed E-state index contributed by atoms with van der Waals surface area (Å²) in [4.78, 5) is 12.0. The molecule has 1 aromatic rings. The monoisotopic (exact) mass is 249 g/mol. The van der Waals surface area contributed by atoms with Crippen LogP contribution in [0.2, 0.25) is 0 Å². The molecule has 0 aromatic heterocycles. The highest BCUT2D eigenvalue weighted by molar-refractivity contribution is 5.91. The fourth-order valence-electron chi connectivity index (χ4n) is 1.77. The minimum Gasteiger partial charge on any atom is -0.456 e. The Kier molecular flexibility index (Phi) is 3.57. The number of nitrogens with one attached hydrogen (secondary N) is 1. The first-order valence-corrected chi connectivity index (χ1v) is 6.13. The summed E-state index contributed by atoms with van der Waals surface area (Å²) in [6.45, 7) is 7.60. The molecular formula is C14H19NO3. The van der Waals surface area contributed by atoms with Gasteiger partial charge in [-0.15, -0.1) is 0 Å². The highest BCUT2D eigenvalue weighted by Crippen LogP contribution is 2.22. The Morgan fingerprint density at radius 3 is 2.89 bits per heavy atom. The minimum atomic E-state index is -0.472. The fourth-order valence-corrected chi connectivity index (χ4v) is 1.77. The molecule has 1 heterocycles. The average Bonchev–Trinajstić information content (AvgIpc) is 2.50. The van der Waals surface area contributed by atoms with Crippen LogP contribution in [0.25, 0.3) is 0 Å². The van der Waals surface area contributed by atoms with E-state index in [-0.39, 0.29) is 5.97 Å². The van der Waals surface area contributed by atoms with Gasteiger partial charge in [-0.05, 0) is 32.9 Å². The van der Waals surface area contributed by atoms with E-state index in [9.17, 15) is 4.79 Å². The first-order valence-electron chi connectivity index (χ1n) is 6.13. The first-order chi connectivity index (χ1) is 8.46. The van der Waals surface area contributed by atoms with Gasteiger partial charge in [-0.1, -0.05) is 6.07 Å². The summed E-state index contributed by atoms with van der Waals surface area (Å²) in [5.74, 6) is -0.294. The van der Waals surface area contributed by atoms with E-state index in [1.807, 2.05) is 32.9 Å². The van der Waals surface area contributed by atoms with E-state index in [1.165, 1.54) is 0 Å². The molecule has 98 valence electrons. The van der Waals surface area contributed by atoms with Crippen molar-refractivity contribution in [1.29, 1.82) is 0 Å². The smallest absolute Gasteiger partial charge is 0.338 e. The lowest BCUT2D eigenvalue weighted by Gasteiger charge is -2.20. The molecule has 4 heteroatoms. The lowest BCUT2D eigenvalue weighted by atomic mass is 10.1. The van der Waals surface area contributed by atoms with Crippen molar-refractivity contribution in [2.75, 3.05) is 18.5 Å². The van der Waals surface area contributed by atoms with Gasteiger partial charge in [0.05, 0.1) is 18.8 Å². The van der Waals surface area contributed by atoms with Crippen LogP contribution < -0.4 is 5.32 Å². The van der Waals surface area contributed by atoms with Gasteiger partial charge in [-0.3, -0.25) is 0 Å². The molecule has 1 aliphatic heterocycles. The molecule has 0 fully saturated rings. The summed E-state index contributed by atoms with van der Waals surface area (Å²) in [5, 5.41) is 3.25. The summed E-state index contributed by atoms with van der Waals surface area (Å²) < 4.78 is 10.8. The quantitative estimate of drug-likeness (QED) is 0.777. The normalized spacial score (nSPS) is 15.3. The number of anilines is 1. The van der Waals surface area contributed by atoms with Gasteiger partial charge in [0.15, 0.2) is 0 Å². The van der Waals surface area contributed by atoms with E-state index < -0.39 is 5.60 Å². The van der Waals surface area contributed by atoms with Crippen LogP contribution in [0.1, 0.15) is 36.7 Å². The Balaban J connectivity index is 2.20. The summed E-state index contributed by atoms with van der Waals surface area (Å²) in [5.41, 5.74) is 2.12. The van der Waals surface area contributed by atoms with E-state index in [0.29, 0.717) is 18.8 Å². The van der Waals surface area contributed by atoms with E-state index in [2.05, 4.69) is 5.32 Å². The van der Waals surface area contributed by atoms with Gasteiger partial charge >= 0.3 is 5.97 Å². The van der Waals surface area contributed by atoms with Gasteiger partial charge < -0.3 is 14.8 Å². The zero-order chi connectivity index (χ0) is 13.2. The average molecular weight is 249 g/mol. The molecule has 1 N–H and O–H groups in total. The maximum atomic E-state index is 12.0. The SMILES string of the molecule is CC(C)(C)OC(=O)c1ccc2c(c1)NCCOC2. The molecule has 0 atom stereocenters. The fraction of sp³-hybridized carbons (Fsp3) is 0.500. The molecule has 1 aliphatic rings. The second-order valence-electron chi connectivity index (χ2n) is 5.35. The lowest BCUT2D eigenvalue weighted by Crippen LogP contribution is -2.24. The zero-order valence-electron chi connectivity index (χ0n) is 11.1. The van der Waals surface area contributed by atoms with Crippen LogP contribution in [0.3, 0.4) is 0 Å². The Hall–Kier alpha value is -1.55. The van der Waals surface area contributed by atoms with Gasteiger partial charge in [0.1, 0.15) is 5.60 Å². The van der Waals surface area contributed by atoms with Gasteiger partial charge in [-0.25, -0.2) is 4.79 Å². The van der Waals surface area contributed by atoms with E-state index >= 15 is 0 Å². The number of fused-ring (bicyclic) bond motifs is 1. The van der Waals surface area contributed by atoms with Crippen molar-refractivity contribution in [3.8, 4) is 0 Å². The van der Waals surface area contributed by atoms with Crippen LogP contribution in [-0.2, 0) is 16.1 Å². The van der Waals surface area contributed by atoms with Crippen LogP contribution in [0.15, 0.2) is 18.2 Å². The maximum Gasteiger partial charge on any atom is 0.338 e. The predicted molar refractivity (Wildman–Crippen MR) is 69.8 cm³/mol. The molecular weight excluding hydrogens is 230 g/mol. The number of benzene rings is 1. The molecule has 0 saturated heterocycles. The first kappa shape index (κ1) is 12.9. The van der Waals surface area contributed by atoms with E-state index in [4.69, 9.17) is 9.47 Å². The lowest BCUT2D eigenvalue weighted by molar-refractivity contribution is 0.00695. The molecule has 0 bridgehead atoms. The van der Waals surface area contributed by atoms with Gasteiger partial charge in [-0.2, -0.15) is 0 Å². The third-order valence-electron chi connectivity index (χ3n) is 2.56. The Bertz CT molecular complexity index is 449. The van der Waals surface area contributed by atoms with E-state index in [0.717, 1.165) is 17.8 Å². The molecule has 0 spiro atoms. The Morgan fingerprint density at radius 2 is 2.17 bits per heavy atom. The van der Waals surface area contributed by atoms with Crippen molar-refractivity contribution in [3.63, 3.8) is 0 Å². The third-order valence-corrected chi connectivity index (χ3v) is 2.56. The topological polar surface area (TPSA) is 47.6 Å². The van der Waals surface area contributed by atoms with Crippen LogP contribution in [0.4, 0.5) is 5.69 Å². The molecule has 2 rings (SSSR count). The molecule has 1 aromatic carbocycles. The van der Waals surface area contributed by atoms with E-state index in [1.54, 1.807) is 6.07 Å². The Labute approximate surface area is 107 Å². The third kappa shape index (κ3) is 3.23. The minimum absolute atomic E-state index is 0.294. The number of hydrogen-bond donors (Lipinski definition) is 1. The summed E-state index contributed by atoms with van der Waals surface area (Å²) in [6.07, 6.45) is 0. The summed E-state index contributed by atoms with van der Waals surface area (Å²) in [6, 6.07) is 5.52. The van der Waals surface area contributed by atoms with Crippen LogP contribution in [0.5, 0.6) is 0 Å². The molecule has 4 nitrogen and oxygen atoms in total. The predicted octanol–water partition coefficient (Wildman–Crippen LogP) is 2.58.